The summed E-state index contributed by atoms with van der Waals surface area (Å²) in [5.41, 5.74) is 3.70. The van der Waals surface area contributed by atoms with E-state index in [1.165, 1.54) is 16.6 Å². The summed E-state index contributed by atoms with van der Waals surface area (Å²) in [7, 11) is 0. The van der Waals surface area contributed by atoms with Gasteiger partial charge in [-0.1, -0.05) is 34.1 Å². The Morgan fingerprint density at radius 2 is 2.11 bits per heavy atom. The van der Waals surface area contributed by atoms with E-state index in [-0.39, 0.29) is 0 Å². The molecule has 0 aliphatic rings. The van der Waals surface area contributed by atoms with Crippen LogP contribution in [0, 0.1) is 6.92 Å². The highest BCUT2D eigenvalue weighted by atomic mass is 79.9. The van der Waals surface area contributed by atoms with E-state index in [0.29, 0.717) is 0 Å². The number of halogens is 1. The fraction of sp³-hybridized carbons (Fsp3) is 0.133. The number of hydrogen-bond acceptors (Lipinski definition) is 1. The molecule has 0 saturated carbocycles. The summed E-state index contributed by atoms with van der Waals surface area (Å²) in [6.45, 7) is 2.11. The minimum atomic E-state index is 0.844. The molecule has 0 spiro atoms. The zero-order valence-corrected chi connectivity index (χ0v) is 11.7. The molecule has 1 aromatic carbocycles. The first kappa shape index (κ1) is 11.5. The van der Waals surface area contributed by atoms with E-state index >= 15 is 0 Å². The number of pyridine rings is 1. The molecular weight excluding hydrogens is 288 g/mol. The first-order valence-electron chi connectivity index (χ1n) is 5.90. The predicted molar refractivity (Wildman–Crippen MR) is 76.9 cm³/mol. The highest BCUT2D eigenvalue weighted by Crippen LogP contribution is 2.17. The van der Waals surface area contributed by atoms with Crippen LogP contribution < -0.4 is 0 Å². The van der Waals surface area contributed by atoms with Crippen molar-refractivity contribution in [2.45, 2.75) is 13.3 Å². The van der Waals surface area contributed by atoms with E-state index in [1.807, 2.05) is 12.3 Å². The molecule has 2 nitrogen and oxygen atoms in total. The molecule has 3 aromatic rings. The zero-order valence-electron chi connectivity index (χ0n) is 10.1. The fourth-order valence-corrected chi connectivity index (χ4v) is 2.62. The normalized spacial score (nSPS) is 11.0. The van der Waals surface area contributed by atoms with Crippen LogP contribution in [0.1, 0.15) is 17.0 Å². The molecule has 90 valence electrons. The standard InChI is InChI=1S/C15H13BrN2/c1-11-4-3-7-18-14(11)10-17-15(18)9-12-5-2-6-13(16)8-12/h2-8,10H,9H2,1H3. The van der Waals surface area contributed by atoms with Crippen LogP contribution >= 0.6 is 15.9 Å². The molecule has 0 aliphatic heterocycles. The average Bonchev–Trinajstić information content (AvgIpc) is 2.74. The van der Waals surface area contributed by atoms with Gasteiger partial charge in [0, 0.05) is 17.1 Å². The molecule has 0 unspecified atom stereocenters. The number of aryl methyl sites for hydroxylation is 1. The number of fused-ring (bicyclic) bond motifs is 1. The molecule has 2 heterocycles. The monoisotopic (exact) mass is 300 g/mol. The lowest BCUT2D eigenvalue weighted by Crippen LogP contribution is -1.96. The van der Waals surface area contributed by atoms with Crippen LogP contribution in [-0.2, 0) is 6.42 Å². The third-order valence-corrected chi connectivity index (χ3v) is 3.60. The molecule has 18 heavy (non-hydrogen) atoms. The Morgan fingerprint density at radius 3 is 2.94 bits per heavy atom. The first-order chi connectivity index (χ1) is 8.74. The van der Waals surface area contributed by atoms with E-state index in [4.69, 9.17) is 0 Å². The third kappa shape index (κ3) is 2.06. The Balaban J connectivity index is 2.03. The maximum atomic E-state index is 4.53. The molecule has 0 bridgehead atoms. The van der Waals surface area contributed by atoms with Gasteiger partial charge in [-0.05, 0) is 36.2 Å². The Kier molecular flexibility index (Phi) is 2.92. The molecule has 3 rings (SSSR count). The van der Waals surface area contributed by atoms with Gasteiger partial charge in [0.15, 0.2) is 0 Å². The van der Waals surface area contributed by atoms with Gasteiger partial charge in [0.2, 0.25) is 0 Å². The predicted octanol–water partition coefficient (Wildman–Crippen LogP) is 4.00. The SMILES string of the molecule is Cc1cccn2c(Cc3cccc(Br)c3)ncc12. The van der Waals surface area contributed by atoms with Gasteiger partial charge in [-0.2, -0.15) is 0 Å². The third-order valence-electron chi connectivity index (χ3n) is 3.11. The molecule has 0 N–H and O–H groups in total. The van der Waals surface area contributed by atoms with Crippen LogP contribution in [0.5, 0.6) is 0 Å². The minimum absolute atomic E-state index is 0.844. The van der Waals surface area contributed by atoms with Crippen LogP contribution in [0.15, 0.2) is 53.3 Å². The summed E-state index contributed by atoms with van der Waals surface area (Å²) < 4.78 is 3.27. The summed E-state index contributed by atoms with van der Waals surface area (Å²) in [5, 5.41) is 0. The lowest BCUT2D eigenvalue weighted by atomic mass is 10.1. The second-order valence-electron chi connectivity index (χ2n) is 4.43. The number of hydrogen-bond donors (Lipinski definition) is 0. The summed E-state index contributed by atoms with van der Waals surface area (Å²) in [6.07, 6.45) is 4.86. The Morgan fingerprint density at radius 1 is 1.22 bits per heavy atom. The molecule has 0 saturated heterocycles. The molecule has 3 heteroatoms. The first-order valence-corrected chi connectivity index (χ1v) is 6.69. The van der Waals surface area contributed by atoms with Crippen molar-refractivity contribution in [1.82, 2.24) is 9.38 Å². The van der Waals surface area contributed by atoms with Gasteiger partial charge in [-0.3, -0.25) is 0 Å². The largest absolute Gasteiger partial charge is 0.303 e. The average molecular weight is 301 g/mol. The quantitative estimate of drug-likeness (QED) is 0.699. The van der Waals surface area contributed by atoms with Crippen molar-refractivity contribution in [3.63, 3.8) is 0 Å². The molecule has 2 aromatic heterocycles. The van der Waals surface area contributed by atoms with E-state index in [2.05, 4.69) is 68.8 Å². The van der Waals surface area contributed by atoms with Gasteiger partial charge >= 0.3 is 0 Å². The van der Waals surface area contributed by atoms with Gasteiger partial charge < -0.3 is 4.40 Å². The highest BCUT2D eigenvalue weighted by Gasteiger charge is 2.06. The Bertz CT molecular complexity index is 701. The summed E-state index contributed by atoms with van der Waals surface area (Å²) in [5.74, 6) is 1.08. The van der Waals surface area contributed by atoms with Gasteiger partial charge in [0.05, 0.1) is 11.7 Å². The lowest BCUT2D eigenvalue weighted by Gasteiger charge is -2.03. The van der Waals surface area contributed by atoms with Crippen molar-refractivity contribution in [2.24, 2.45) is 0 Å². The number of benzene rings is 1. The van der Waals surface area contributed by atoms with Crippen LogP contribution in [-0.4, -0.2) is 9.38 Å². The highest BCUT2D eigenvalue weighted by molar-refractivity contribution is 9.10. The summed E-state index contributed by atoms with van der Waals surface area (Å²) in [4.78, 5) is 4.53. The van der Waals surface area contributed by atoms with E-state index in [1.54, 1.807) is 0 Å². The maximum Gasteiger partial charge on any atom is 0.117 e. The minimum Gasteiger partial charge on any atom is -0.303 e. The van der Waals surface area contributed by atoms with E-state index in [0.717, 1.165) is 16.7 Å². The lowest BCUT2D eigenvalue weighted by molar-refractivity contribution is 0.958. The molecule has 0 radical (unpaired) electrons. The van der Waals surface area contributed by atoms with Crippen LogP contribution in [0.25, 0.3) is 5.52 Å². The molecular formula is C15H13BrN2. The van der Waals surface area contributed by atoms with Crippen LogP contribution in [0.4, 0.5) is 0 Å². The smallest absolute Gasteiger partial charge is 0.117 e. The van der Waals surface area contributed by atoms with Gasteiger partial charge in [0.25, 0.3) is 0 Å². The van der Waals surface area contributed by atoms with Crippen molar-refractivity contribution >= 4 is 21.4 Å². The van der Waals surface area contributed by atoms with Gasteiger partial charge in [-0.25, -0.2) is 4.98 Å². The second-order valence-corrected chi connectivity index (χ2v) is 5.34. The number of rotatable bonds is 2. The molecule has 0 fully saturated rings. The summed E-state index contributed by atoms with van der Waals surface area (Å²) in [6, 6.07) is 12.5. The van der Waals surface area contributed by atoms with Crippen molar-refractivity contribution in [3.8, 4) is 0 Å². The van der Waals surface area contributed by atoms with Crippen LogP contribution in [0.3, 0.4) is 0 Å². The molecule has 0 aliphatic carbocycles. The van der Waals surface area contributed by atoms with E-state index in [9.17, 15) is 0 Å². The fourth-order valence-electron chi connectivity index (χ4n) is 2.18. The Hall–Kier alpha value is -1.61. The maximum absolute atomic E-state index is 4.53. The number of imidazole rings is 1. The second kappa shape index (κ2) is 4.58. The van der Waals surface area contributed by atoms with Crippen molar-refractivity contribution in [3.05, 3.63) is 70.2 Å². The summed E-state index contributed by atoms with van der Waals surface area (Å²) >= 11 is 3.50. The number of nitrogens with zero attached hydrogens (tertiary/aromatic N) is 2. The van der Waals surface area contributed by atoms with Crippen molar-refractivity contribution < 1.29 is 0 Å². The van der Waals surface area contributed by atoms with Gasteiger partial charge in [-0.15, -0.1) is 0 Å². The molecule has 0 atom stereocenters. The van der Waals surface area contributed by atoms with Crippen molar-refractivity contribution in [2.75, 3.05) is 0 Å². The van der Waals surface area contributed by atoms with Crippen molar-refractivity contribution in [1.29, 1.82) is 0 Å². The molecule has 0 amide bonds. The van der Waals surface area contributed by atoms with Gasteiger partial charge in [0.1, 0.15) is 5.82 Å². The number of aromatic nitrogens is 2. The topological polar surface area (TPSA) is 17.3 Å². The van der Waals surface area contributed by atoms with Crippen LogP contribution in [0.2, 0.25) is 0 Å². The Labute approximate surface area is 114 Å². The zero-order chi connectivity index (χ0) is 12.5. The van der Waals surface area contributed by atoms with E-state index < -0.39 is 0 Å².